The summed E-state index contributed by atoms with van der Waals surface area (Å²) in [6.45, 7) is 8.65. The third-order valence-electron chi connectivity index (χ3n) is 4.53. The van der Waals surface area contributed by atoms with E-state index in [0.29, 0.717) is 9.23 Å². The van der Waals surface area contributed by atoms with Crippen molar-refractivity contribution in [3.05, 3.63) is 39.8 Å². The minimum Gasteiger partial charge on any atom is -0.365 e. The van der Waals surface area contributed by atoms with E-state index in [9.17, 15) is 4.79 Å². The van der Waals surface area contributed by atoms with Crippen LogP contribution in [0.4, 0.5) is 5.69 Å². The van der Waals surface area contributed by atoms with Gasteiger partial charge in [-0.1, -0.05) is 30.1 Å². The van der Waals surface area contributed by atoms with Gasteiger partial charge in [-0.2, -0.15) is 0 Å². The number of nitrogens with one attached hydrogen (secondary N) is 1. The van der Waals surface area contributed by atoms with Crippen molar-refractivity contribution < 1.29 is 4.79 Å². The fourth-order valence-electron chi connectivity index (χ4n) is 3.04. The first-order valence-electron chi connectivity index (χ1n) is 7.52. The van der Waals surface area contributed by atoms with Crippen molar-refractivity contribution >= 4 is 51.5 Å². The lowest BCUT2D eigenvalue weighted by Gasteiger charge is -2.41. The van der Waals surface area contributed by atoms with Crippen LogP contribution in [-0.2, 0) is 4.79 Å². The molecule has 2 aliphatic rings. The zero-order valence-electron chi connectivity index (χ0n) is 14.0. The molecule has 0 radical (unpaired) electrons. The first kappa shape index (κ1) is 16.3. The van der Waals surface area contributed by atoms with Crippen LogP contribution in [0.1, 0.15) is 37.5 Å². The van der Waals surface area contributed by atoms with Crippen molar-refractivity contribution in [3.8, 4) is 0 Å². The predicted octanol–water partition coefficient (Wildman–Crippen LogP) is 4.12. The molecule has 0 saturated carbocycles. The number of thioether (sulfide) groups is 1. The number of carbonyl (C=O) groups excluding carboxylic acids is 1. The molecule has 1 saturated heterocycles. The number of likely N-dealkylation sites (N-methyl/N-ethyl adjacent to an activating group) is 1. The minimum atomic E-state index is -0.109. The van der Waals surface area contributed by atoms with Crippen LogP contribution < -0.4 is 10.2 Å². The van der Waals surface area contributed by atoms with Crippen LogP contribution in [0.15, 0.2) is 23.1 Å². The number of thiocarbonyl (C=S) groups is 1. The Morgan fingerprint density at radius 1 is 1.30 bits per heavy atom. The molecule has 3 rings (SSSR count). The second-order valence-corrected chi connectivity index (χ2v) is 8.34. The monoisotopic (exact) mass is 344 g/mol. The lowest BCUT2D eigenvalue weighted by atomic mass is 9.87. The highest BCUT2D eigenvalue weighted by Crippen LogP contribution is 2.40. The summed E-state index contributed by atoms with van der Waals surface area (Å²) >= 11 is 6.38. The standard InChI is InChI=1S/C18H20N2OS2/c1-10-6-14-13(11(2)9-18(3,4)20(14)5)7-12(10)8-15-16(21)19-17(22)23-15/h6-9H,1-5H3,(H,19,21,22)/b15-8+. The van der Waals surface area contributed by atoms with E-state index in [-0.39, 0.29) is 11.4 Å². The van der Waals surface area contributed by atoms with E-state index in [1.165, 1.54) is 28.6 Å². The summed E-state index contributed by atoms with van der Waals surface area (Å²) in [5.74, 6) is -0.109. The van der Waals surface area contributed by atoms with Gasteiger partial charge in [-0.3, -0.25) is 4.79 Å². The molecule has 23 heavy (non-hydrogen) atoms. The van der Waals surface area contributed by atoms with Crippen molar-refractivity contribution in [1.82, 2.24) is 5.32 Å². The molecule has 1 aromatic carbocycles. The number of aryl methyl sites for hydroxylation is 1. The van der Waals surface area contributed by atoms with E-state index < -0.39 is 0 Å². The third-order valence-corrected chi connectivity index (χ3v) is 5.70. The fourth-order valence-corrected chi connectivity index (χ4v) is 4.07. The second kappa shape index (κ2) is 5.49. The smallest absolute Gasteiger partial charge is 0.263 e. The number of hydrogen-bond donors (Lipinski definition) is 1. The van der Waals surface area contributed by atoms with E-state index in [4.69, 9.17) is 12.2 Å². The molecular weight excluding hydrogens is 324 g/mol. The zero-order valence-corrected chi connectivity index (χ0v) is 15.6. The van der Waals surface area contributed by atoms with Crippen LogP contribution in [0.25, 0.3) is 11.6 Å². The van der Waals surface area contributed by atoms with Crippen LogP contribution in [-0.4, -0.2) is 22.8 Å². The first-order chi connectivity index (χ1) is 10.7. The Kier molecular flexibility index (Phi) is 3.89. The van der Waals surface area contributed by atoms with Gasteiger partial charge >= 0.3 is 0 Å². The number of carbonyl (C=O) groups is 1. The Hall–Kier alpha value is -1.59. The van der Waals surface area contributed by atoms with Crippen LogP contribution in [0.2, 0.25) is 0 Å². The Morgan fingerprint density at radius 2 is 2.00 bits per heavy atom. The average Bonchev–Trinajstić information content (AvgIpc) is 2.76. The normalized spacial score (nSPS) is 21.3. The van der Waals surface area contributed by atoms with Crippen molar-refractivity contribution in [2.24, 2.45) is 0 Å². The van der Waals surface area contributed by atoms with E-state index in [0.717, 1.165) is 11.1 Å². The quantitative estimate of drug-likeness (QED) is 0.614. The number of hydrogen-bond acceptors (Lipinski definition) is 4. The van der Waals surface area contributed by atoms with E-state index >= 15 is 0 Å². The van der Waals surface area contributed by atoms with Gasteiger partial charge in [-0.15, -0.1) is 0 Å². The summed E-state index contributed by atoms with van der Waals surface area (Å²) in [7, 11) is 2.12. The van der Waals surface area contributed by atoms with Crippen LogP contribution in [0.5, 0.6) is 0 Å². The summed E-state index contributed by atoms with van der Waals surface area (Å²) in [6.07, 6.45) is 4.22. The summed E-state index contributed by atoms with van der Waals surface area (Å²) in [5.41, 5.74) is 5.93. The maximum atomic E-state index is 11.9. The fraction of sp³-hybridized carbons (Fsp3) is 0.333. The molecule has 0 bridgehead atoms. The van der Waals surface area contributed by atoms with Gasteiger partial charge in [-0.05, 0) is 62.6 Å². The Morgan fingerprint density at radius 3 is 2.61 bits per heavy atom. The predicted molar refractivity (Wildman–Crippen MR) is 104 cm³/mol. The molecule has 0 atom stereocenters. The Balaban J connectivity index is 2.10. The van der Waals surface area contributed by atoms with Crippen molar-refractivity contribution in [2.75, 3.05) is 11.9 Å². The number of benzene rings is 1. The van der Waals surface area contributed by atoms with Crippen LogP contribution >= 0.6 is 24.0 Å². The Labute approximate surface area is 146 Å². The average molecular weight is 345 g/mol. The summed E-state index contributed by atoms with van der Waals surface area (Å²) in [4.78, 5) is 14.8. The molecule has 1 fully saturated rings. The molecule has 0 aromatic heterocycles. The van der Waals surface area contributed by atoms with Gasteiger partial charge in [-0.25, -0.2) is 0 Å². The highest BCUT2D eigenvalue weighted by molar-refractivity contribution is 8.26. The molecule has 120 valence electrons. The molecule has 0 spiro atoms. The number of anilines is 1. The first-order valence-corrected chi connectivity index (χ1v) is 8.75. The summed E-state index contributed by atoms with van der Waals surface area (Å²) in [6, 6.07) is 4.38. The van der Waals surface area contributed by atoms with Crippen molar-refractivity contribution in [2.45, 2.75) is 33.2 Å². The van der Waals surface area contributed by atoms with Gasteiger partial charge < -0.3 is 10.2 Å². The maximum absolute atomic E-state index is 11.9. The van der Waals surface area contributed by atoms with E-state index in [1.54, 1.807) is 0 Å². The highest BCUT2D eigenvalue weighted by atomic mass is 32.2. The van der Waals surface area contributed by atoms with Crippen molar-refractivity contribution in [3.63, 3.8) is 0 Å². The molecule has 0 aliphatic carbocycles. The van der Waals surface area contributed by atoms with Gasteiger partial charge in [0, 0.05) is 18.3 Å². The number of fused-ring (bicyclic) bond motifs is 1. The summed E-state index contributed by atoms with van der Waals surface area (Å²) < 4.78 is 0.523. The van der Waals surface area contributed by atoms with Crippen LogP contribution in [0, 0.1) is 6.92 Å². The summed E-state index contributed by atoms with van der Waals surface area (Å²) in [5, 5.41) is 2.66. The molecule has 3 nitrogen and oxygen atoms in total. The lowest BCUT2D eigenvalue weighted by molar-refractivity contribution is -0.115. The van der Waals surface area contributed by atoms with E-state index in [1.807, 2.05) is 6.08 Å². The minimum absolute atomic E-state index is 0.00309. The second-order valence-electron chi connectivity index (χ2n) is 6.62. The highest BCUT2D eigenvalue weighted by Gasteiger charge is 2.29. The molecule has 2 aliphatic heterocycles. The number of allylic oxidation sites excluding steroid dienone is 1. The topological polar surface area (TPSA) is 32.3 Å². The van der Waals surface area contributed by atoms with Gasteiger partial charge in [0.1, 0.15) is 4.32 Å². The molecule has 5 heteroatoms. The number of amides is 1. The number of rotatable bonds is 1. The number of nitrogens with zero attached hydrogens (tertiary/aromatic N) is 1. The molecule has 1 amide bonds. The van der Waals surface area contributed by atoms with Gasteiger partial charge in [0.25, 0.3) is 5.91 Å². The third kappa shape index (κ3) is 2.83. The maximum Gasteiger partial charge on any atom is 0.263 e. The largest absolute Gasteiger partial charge is 0.365 e. The van der Waals surface area contributed by atoms with Crippen molar-refractivity contribution in [1.29, 1.82) is 0 Å². The van der Waals surface area contributed by atoms with Gasteiger partial charge in [0.05, 0.1) is 10.4 Å². The Bertz CT molecular complexity index is 790. The van der Waals surface area contributed by atoms with E-state index in [2.05, 4.69) is 63.2 Å². The van der Waals surface area contributed by atoms with Gasteiger partial charge in [0.2, 0.25) is 0 Å². The SMILES string of the molecule is CC1=CC(C)(C)N(C)c2cc(C)c(/C=C3/SC(=S)NC3=O)cc21. The molecule has 0 unspecified atom stereocenters. The van der Waals surface area contributed by atoms with Gasteiger partial charge in [0.15, 0.2) is 0 Å². The molecular formula is C18H20N2OS2. The molecule has 2 heterocycles. The molecule has 1 N–H and O–H groups in total. The zero-order chi connectivity index (χ0) is 16.9. The molecule has 1 aromatic rings. The lowest BCUT2D eigenvalue weighted by Crippen LogP contribution is -2.42. The van der Waals surface area contributed by atoms with Crippen LogP contribution in [0.3, 0.4) is 0 Å².